The average Bonchev–Trinajstić information content (AvgIpc) is 2.67. The Balaban J connectivity index is 2.05. The normalized spacial score (nSPS) is 23.3. The molecule has 0 spiro atoms. The molecule has 0 saturated carbocycles. The summed E-state index contributed by atoms with van der Waals surface area (Å²) in [5.74, 6) is 1.14. The number of aromatic amines is 1. The predicted octanol–water partition coefficient (Wildman–Crippen LogP) is -1.04. The van der Waals surface area contributed by atoms with E-state index >= 15 is 0 Å². The van der Waals surface area contributed by atoms with Crippen molar-refractivity contribution in [1.29, 1.82) is 0 Å². The van der Waals surface area contributed by atoms with E-state index in [0.29, 0.717) is 18.3 Å². The average molecular weight is 184 g/mol. The van der Waals surface area contributed by atoms with Crippen LogP contribution < -0.4 is 5.32 Å². The zero-order valence-corrected chi connectivity index (χ0v) is 7.16. The number of morpholine rings is 1. The maximum absolute atomic E-state index is 8.76. The van der Waals surface area contributed by atoms with Crippen LogP contribution in [0.5, 0.6) is 0 Å². The Labute approximate surface area is 75.3 Å². The summed E-state index contributed by atoms with van der Waals surface area (Å²) in [6.07, 6.45) is 0. The van der Waals surface area contributed by atoms with Gasteiger partial charge in [0, 0.05) is 6.54 Å². The van der Waals surface area contributed by atoms with Gasteiger partial charge in [-0.1, -0.05) is 0 Å². The molecule has 0 aromatic carbocycles. The number of nitrogens with one attached hydrogen (secondary N) is 2. The molecule has 2 rings (SSSR count). The van der Waals surface area contributed by atoms with Gasteiger partial charge in [-0.25, -0.2) is 4.98 Å². The molecule has 1 unspecified atom stereocenters. The highest BCUT2D eigenvalue weighted by Gasteiger charge is 2.19. The Morgan fingerprint density at radius 1 is 1.62 bits per heavy atom. The molecule has 1 aromatic heterocycles. The zero-order valence-electron chi connectivity index (χ0n) is 7.16. The molecule has 0 radical (unpaired) electrons. The van der Waals surface area contributed by atoms with Gasteiger partial charge in [-0.2, -0.15) is 5.10 Å². The molecule has 1 aliphatic heterocycles. The Hall–Kier alpha value is -0.980. The van der Waals surface area contributed by atoms with Crippen LogP contribution in [0, 0.1) is 0 Å². The van der Waals surface area contributed by atoms with Gasteiger partial charge in [-0.15, -0.1) is 0 Å². The van der Waals surface area contributed by atoms with Gasteiger partial charge in [0.05, 0.1) is 19.3 Å². The van der Waals surface area contributed by atoms with Crippen molar-refractivity contribution in [2.24, 2.45) is 0 Å². The van der Waals surface area contributed by atoms with Crippen molar-refractivity contribution in [3.63, 3.8) is 0 Å². The van der Waals surface area contributed by atoms with Crippen LogP contribution in [0.1, 0.15) is 17.7 Å². The van der Waals surface area contributed by atoms with E-state index in [1.54, 1.807) is 0 Å². The summed E-state index contributed by atoms with van der Waals surface area (Å²) in [5.41, 5.74) is 0. The van der Waals surface area contributed by atoms with Crippen LogP contribution in [-0.2, 0) is 11.3 Å². The quantitative estimate of drug-likeness (QED) is 0.546. The highest BCUT2D eigenvalue weighted by Crippen LogP contribution is 2.10. The van der Waals surface area contributed by atoms with E-state index in [1.165, 1.54) is 0 Å². The molecular weight excluding hydrogens is 172 g/mol. The van der Waals surface area contributed by atoms with Gasteiger partial charge in [0.25, 0.3) is 0 Å². The first-order chi connectivity index (χ1) is 6.40. The first-order valence-electron chi connectivity index (χ1n) is 4.23. The fourth-order valence-electron chi connectivity index (χ4n) is 1.27. The Kier molecular flexibility index (Phi) is 2.53. The lowest BCUT2D eigenvalue weighted by atomic mass is 10.2. The van der Waals surface area contributed by atoms with E-state index in [0.717, 1.165) is 13.2 Å². The number of H-pyrrole nitrogens is 1. The van der Waals surface area contributed by atoms with Crippen molar-refractivity contribution in [3.05, 3.63) is 11.6 Å². The molecule has 6 heteroatoms. The second-order valence-electron chi connectivity index (χ2n) is 2.88. The highest BCUT2D eigenvalue weighted by atomic mass is 16.5. The summed E-state index contributed by atoms with van der Waals surface area (Å²) < 4.78 is 5.26. The number of aromatic nitrogens is 3. The first kappa shape index (κ1) is 8.61. The molecule has 2 heterocycles. The molecule has 0 amide bonds. The van der Waals surface area contributed by atoms with Crippen LogP contribution in [0.15, 0.2) is 0 Å². The van der Waals surface area contributed by atoms with E-state index in [-0.39, 0.29) is 12.6 Å². The van der Waals surface area contributed by atoms with Crippen molar-refractivity contribution in [1.82, 2.24) is 20.5 Å². The van der Waals surface area contributed by atoms with Gasteiger partial charge in [0.1, 0.15) is 12.4 Å². The van der Waals surface area contributed by atoms with Crippen molar-refractivity contribution in [2.45, 2.75) is 12.6 Å². The van der Waals surface area contributed by atoms with Crippen LogP contribution in [-0.4, -0.2) is 40.0 Å². The van der Waals surface area contributed by atoms with Gasteiger partial charge < -0.3 is 15.2 Å². The van der Waals surface area contributed by atoms with Crippen LogP contribution >= 0.6 is 0 Å². The molecule has 1 fully saturated rings. The lowest BCUT2D eigenvalue weighted by Gasteiger charge is -2.20. The van der Waals surface area contributed by atoms with E-state index in [4.69, 9.17) is 9.84 Å². The maximum atomic E-state index is 8.76. The largest absolute Gasteiger partial charge is 0.388 e. The number of hydrogen-bond acceptors (Lipinski definition) is 5. The lowest BCUT2D eigenvalue weighted by Crippen LogP contribution is -2.35. The van der Waals surface area contributed by atoms with Crippen molar-refractivity contribution in [3.8, 4) is 0 Å². The Morgan fingerprint density at radius 2 is 2.54 bits per heavy atom. The van der Waals surface area contributed by atoms with Crippen LogP contribution in [0.2, 0.25) is 0 Å². The summed E-state index contributed by atoms with van der Waals surface area (Å²) in [5, 5.41) is 18.6. The smallest absolute Gasteiger partial charge is 0.170 e. The van der Waals surface area contributed by atoms with E-state index < -0.39 is 0 Å². The first-order valence-corrected chi connectivity index (χ1v) is 4.23. The summed E-state index contributed by atoms with van der Waals surface area (Å²) in [4.78, 5) is 4.09. The number of rotatable bonds is 2. The molecule has 6 nitrogen and oxygen atoms in total. The Bertz CT molecular complexity index is 269. The molecule has 0 aliphatic carbocycles. The van der Waals surface area contributed by atoms with E-state index in [1.807, 2.05) is 0 Å². The second kappa shape index (κ2) is 3.82. The van der Waals surface area contributed by atoms with Crippen molar-refractivity contribution >= 4 is 0 Å². The van der Waals surface area contributed by atoms with E-state index in [2.05, 4.69) is 20.5 Å². The van der Waals surface area contributed by atoms with Crippen LogP contribution in [0.25, 0.3) is 0 Å². The van der Waals surface area contributed by atoms with Crippen molar-refractivity contribution < 1.29 is 9.84 Å². The minimum absolute atomic E-state index is 0.0466. The minimum Gasteiger partial charge on any atom is -0.388 e. The number of aliphatic hydroxyl groups is 1. The number of nitrogens with zero attached hydrogens (tertiary/aromatic N) is 2. The summed E-state index contributed by atoms with van der Waals surface area (Å²) in [6, 6.07) is 0.0466. The van der Waals surface area contributed by atoms with Gasteiger partial charge in [0.2, 0.25) is 0 Å². The predicted molar refractivity (Wildman–Crippen MR) is 43.9 cm³/mol. The summed E-state index contributed by atoms with van der Waals surface area (Å²) in [7, 11) is 0. The summed E-state index contributed by atoms with van der Waals surface area (Å²) in [6.45, 7) is 2.02. The third-order valence-electron chi connectivity index (χ3n) is 1.93. The zero-order chi connectivity index (χ0) is 9.10. The lowest BCUT2D eigenvalue weighted by molar-refractivity contribution is 0.0743. The minimum atomic E-state index is -0.111. The molecule has 72 valence electrons. The van der Waals surface area contributed by atoms with Gasteiger partial charge in [-0.05, 0) is 0 Å². The molecular formula is C7H12N4O2. The summed E-state index contributed by atoms with van der Waals surface area (Å²) >= 11 is 0. The van der Waals surface area contributed by atoms with Crippen LogP contribution in [0.4, 0.5) is 0 Å². The van der Waals surface area contributed by atoms with E-state index in [9.17, 15) is 0 Å². The molecule has 13 heavy (non-hydrogen) atoms. The number of hydrogen-bond donors (Lipinski definition) is 3. The van der Waals surface area contributed by atoms with Gasteiger partial charge in [0.15, 0.2) is 5.82 Å². The van der Waals surface area contributed by atoms with Crippen LogP contribution in [0.3, 0.4) is 0 Å². The third-order valence-corrected chi connectivity index (χ3v) is 1.93. The SMILES string of the molecule is OCc1nc(C2COCCN2)n[nH]1. The third kappa shape index (κ3) is 1.85. The monoisotopic (exact) mass is 184 g/mol. The standard InChI is InChI=1S/C7H12N4O2/c12-3-6-9-7(11-10-6)5-4-13-2-1-8-5/h5,8,12H,1-4H2,(H,9,10,11). The molecule has 1 aliphatic rings. The highest BCUT2D eigenvalue weighted by molar-refractivity contribution is 4.97. The molecule has 1 aromatic rings. The maximum Gasteiger partial charge on any atom is 0.170 e. The molecule has 0 bridgehead atoms. The second-order valence-corrected chi connectivity index (χ2v) is 2.88. The fraction of sp³-hybridized carbons (Fsp3) is 0.714. The fourth-order valence-corrected chi connectivity index (χ4v) is 1.27. The number of aliphatic hydroxyl groups excluding tert-OH is 1. The molecule has 1 saturated heterocycles. The molecule has 3 N–H and O–H groups in total. The van der Waals surface area contributed by atoms with Gasteiger partial charge >= 0.3 is 0 Å². The molecule has 1 atom stereocenters. The van der Waals surface area contributed by atoms with Gasteiger partial charge in [-0.3, -0.25) is 5.10 Å². The topological polar surface area (TPSA) is 83.1 Å². The van der Waals surface area contributed by atoms with Crippen molar-refractivity contribution in [2.75, 3.05) is 19.8 Å². The number of ether oxygens (including phenoxy) is 1. The Morgan fingerprint density at radius 3 is 3.15 bits per heavy atom.